The molecule has 2 aromatic rings. The van der Waals surface area contributed by atoms with Crippen molar-refractivity contribution in [2.75, 3.05) is 19.1 Å². The molecule has 128 valence electrons. The van der Waals surface area contributed by atoms with Crippen LogP contribution in [0.1, 0.15) is 5.56 Å². The number of rotatable bonds is 4. The molecule has 1 saturated heterocycles. The summed E-state index contributed by atoms with van der Waals surface area (Å²) in [6, 6.07) is 12.9. The predicted octanol–water partition coefficient (Wildman–Crippen LogP) is 4.87. The summed E-state index contributed by atoms with van der Waals surface area (Å²) in [5.74, 6) is 1.20. The van der Waals surface area contributed by atoms with Gasteiger partial charge in [-0.05, 0) is 42.5 Å². The Labute approximate surface area is 163 Å². The average molecular weight is 436 g/mol. The third kappa shape index (κ3) is 3.73. The maximum absolute atomic E-state index is 12.8. The number of thioether (sulfide) groups is 1. The number of carbonyl (C=O) groups is 1. The summed E-state index contributed by atoms with van der Waals surface area (Å²) in [5.41, 5.74) is 1.49. The first-order valence-electron chi connectivity index (χ1n) is 7.29. The van der Waals surface area contributed by atoms with Crippen LogP contribution in [0.3, 0.4) is 0 Å². The van der Waals surface area contributed by atoms with Crippen LogP contribution in [0.25, 0.3) is 6.08 Å². The highest BCUT2D eigenvalue weighted by Gasteiger charge is 2.33. The first-order valence-corrected chi connectivity index (χ1v) is 9.31. The van der Waals surface area contributed by atoms with Gasteiger partial charge in [0.1, 0.15) is 11.5 Å². The Morgan fingerprint density at radius 3 is 2.64 bits per heavy atom. The van der Waals surface area contributed by atoms with Crippen LogP contribution < -0.4 is 14.4 Å². The quantitative estimate of drug-likeness (QED) is 0.505. The maximum atomic E-state index is 12.8. The van der Waals surface area contributed by atoms with Gasteiger partial charge in [0.05, 0.1) is 24.8 Å². The van der Waals surface area contributed by atoms with E-state index in [0.717, 1.165) is 15.7 Å². The Kier molecular flexibility index (Phi) is 5.46. The molecule has 0 N–H and O–H groups in total. The van der Waals surface area contributed by atoms with Crippen LogP contribution in [0.5, 0.6) is 11.5 Å². The van der Waals surface area contributed by atoms with E-state index in [1.54, 1.807) is 26.4 Å². The van der Waals surface area contributed by atoms with Gasteiger partial charge in [-0.25, -0.2) is 0 Å². The number of nitrogens with zero attached hydrogens (tertiary/aromatic N) is 1. The molecule has 1 fully saturated rings. The molecule has 1 aliphatic heterocycles. The first-order chi connectivity index (χ1) is 12.0. The van der Waals surface area contributed by atoms with E-state index < -0.39 is 0 Å². The van der Waals surface area contributed by atoms with Crippen LogP contribution in [-0.2, 0) is 4.79 Å². The molecule has 0 saturated carbocycles. The smallest absolute Gasteiger partial charge is 0.270 e. The van der Waals surface area contributed by atoms with Crippen LogP contribution in [0.2, 0.25) is 0 Å². The summed E-state index contributed by atoms with van der Waals surface area (Å²) in [5, 5.41) is 0. The van der Waals surface area contributed by atoms with E-state index >= 15 is 0 Å². The molecule has 3 rings (SSSR count). The van der Waals surface area contributed by atoms with E-state index in [0.29, 0.717) is 20.7 Å². The van der Waals surface area contributed by atoms with Gasteiger partial charge in [-0.15, -0.1) is 0 Å². The summed E-state index contributed by atoms with van der Waals surface area (Å²) in [7, 11) is 3.18. The van der Waals surface area contributed by atoms with Gasteiger partial charge in [-0.2, -0.15) is 0 Å². The van der Waals surface area contributed by atoms with E-state index in [-0.39, 0.29) is 5.91 Å². The van der Waals surface area contributed by atoms with E-state index in [4.69, 9.17) is 21.7 Å². The molecule has 0 atom stereocenters. The number of hydrogen-bond acceptors (Lipinski definition) is 5. The minimum Gasteiger partial charge on any atom is -0.497 e. The van der Waals surface area contributed by atoms with Crippen LogP contribution in [0.15, 0.2) is 51.8 Å². The molecule has 0 aromatic heterocycles. The molecule has 7 heteroatoms. The zero-order chi connectivity index (χ0) is 18.0. The topological polar surface area (TPSA) is 38.8 Å². The number of hydrogen-bond donors (Lipinski definition) is 0. The van der Waals surface area contributed by atoms with Crippen LogP contribution >= 0.6 is 39.9 Å². The monoisotopic (exact) mass is 435 g/mol. The summed E-state index contributed by atoms with van der Waals surface area (Å²) in [6.07, 6.45) is 1.78. The van der Waals surface area contributed by atoms with Crippen molar-refractivity contribution in [2.45, 2.75) is 0 Å². The standard InChI is InChI=1S/C18H14BrNO3S2/c1-22-14-6-7-15(23-2)11(8-14)9-16-17(21)20(18(24)25-16)13-5-3-4-12(19)10-13/h3-10H,1-2H3. The lowest BCUT2D eigenvalue weighted by molar-refractivity contribution is -0.113. The molecular weight excluding hydrogens is 422 g/mol. The number of carbonyl (C=O) groups excluding carboxylic acids is 1. The molecule has 0 spiro atoms. The molecule has 1 amide bonds. The zero-order valence-electron chi connectivity index (χ0n) is 13.5. The molecule has 1 heterocycles. The van der Waals surface area contributed by atoms with Crippen LogP contribution in [0.4, 0.5) is 5.69 Å². The fourth-order valence-corrected chi connectivity index (χ4v) is 4.08. The molecule has 25 heavy (non-hydrogen) atoms. The molecular formula is C18H14BrNO3S2. The Morgan fingerprint density at radius 1 is 1.16 bits per heavy atom. The highest BCUT2D eigenvalue weighted by atomic mass is 79.9. The van der Waals surface area contributed by atoms with Crippen molar-refractivity contribution < 1.29 is 14.3 Å². The van der Waals surface area contributed by atoms with Crippen molar-refractivity contribution in [3.63, 3.8) is 0 Å². The normalized spacial score (nSPS) is 15.8. The maximum Gasteiger partial charge on any atom is 0.270 e. The SMILES string of the molecule is COc1ccc(OC)c(C=C2SC(=S)N(c3cccc(Br)c3)C2=O)c1. The lowest BCUT2D eigenvalue weighted by atomic mass is 10.1. The molecule has 4 nitrogen and oxygen atoms in total. The second kappa shape index (κ2) is 7.59. The van der Waals surface area contributed by atoms with Crippen molar-refractivity contribution >= 4 is 61.9 Å². The lowest BCUT2D eigenvalue weighted by Crippen LogP contribution is -2.27. The fraction of sp³-hybridized carbons (Fsp3) is 0.111. The van der Waals surface area contributed by atoms with Crippen molar-refractivity contribution in [1.29, 1.82) is 0 Å². The summed E-state index contributed by atoms with van der Waals surface area (Å²) in [6.45, 7) is 0. The van der Waals surface area contributed by atoms with Crippen LogP contribution in [-0.4, -0.2) is 24.4 Å². The van der Waals surface area contributed by atoms with Gasteiger partial charge in [-0.3, -0.25) is 9.69 Å². The second-order valence-corrected chi connectivity index (χ2v) is 7.70. The number of benzene rings is 2. The summed E-state index contributed by atoms with van der Waals surface area (Å²) >= 11 is 10.1. The van der Waals surface area contributed by atoms with E-state index in [2.05, 4.69) is 15.9 Å². The van der Waals surface area contributed by atoms with Crippen molar-refractivity contribution in [3.8, 4) is 11.5 Å². The van der Waals surface area contributed by atoms with Gasteiger partial charge in [0, 0.05) is 10.0 Å². The molecule has 0 aliphatic carbocycles. The highest BCUT2D eigenvalue weighted by molar-refractivity contribution is 9.10. The first kappa shape index (κ1) is 18.0. The van der Waals surface area contributed by atoms with E-state index in [1.165, 1.54) is 16.7 Å². The average Bonchev–Trinajstić information content (AvgIpc) is 2.88. The molecule has 2 aromatic carbocycles. The Bertz CT molecular complexity index is 882. The molecule has 0 radical (unpaired) electrons. The molecule has 0 unspecified atom stereocenters. The van der Waals surface area contributed by atoms with Gasteiger partial charge in [0.2, 0.25) is 0 Å². The van der Waals surface area contributed by atoms with Crippen molar-refractivity contribution in [2.24, 2.45) is 0 Å². The lowest BCUT2D eigenvalue weighted by Gasteiger charge is -2.14. The van der Waals surface area contributed by atoms with Crippen molar-refractivity contribution in [3.05, 3.63) is 57.4 Å². The fourth-order valence-electron chi connectivity index (χ4n) is 2.40. The highest BCUT2D eigenvalue weighted by Crippen LogP contribution is 2.38. The van der Waals surface area contributed by atoms with E-state index in [1.807, 2.05) is 36.4 Å². The van der Waals surface area contributed by atoms with Crippen molar-refractivity contribution in [1.82, 2.24) is 0 Å². The van der Waals surface area contributed by atoms with Gasteiger partial charge in [-0.1, -0.05) is 46.0 Å². The largest absolute Gasteiger partial charge is 0.497 e. The van der Waals surface area contributed by atoms with Gasteiger partial charge >= 0.3 is 0 Å². The number of halogens is 1. The van der Waals surface area contributed by atoms with Gasteiger partial charge in [0.25, 0.3) is 5.91 Å². The minimum absolute atomic E-state index is 0.155. The second-order valence-electron chi connectivity index (χ2n) is 5.10. The minimum atomic E-state index is -0.155. The third-order valence-corrected chi connectivity index (χ3v) is 5.38. The predicted molar refractivity (Wildman–Crippen MR) is 109 cm³/mol. The van der Waals surface area contributed by atoms with E-state index in [9.17, 15) is 4.79 Å². The number of anilines is 1. The zero-order valence-corrected chi connectivity index (χ0v) is 16.7. The third-order valence-electron chi connectivity index (χ3n) is 3.58. The summed E-state index contributed by atoms with van der Waals surface area (Å²) in [4.78, 5) is 14.9. The summed E-state index contributed by atoms with van der Waals surface area (Å²) < 4.78 is 12.0. The number of thiocarbonyl (C=S) groups is 1. The molecule has 0 bridgehead atoms. The van der Waals surface area contributed by atoms with Gasteiger partial charge in [0.15, 0.2) is 4.32 Å². The molecule has 1 aliphatic rings. The Morgan fingerprint density at radius 2 is 1.96 bits per heavy atom. The van der Waals surface area contributed by atoms with Gasteiger partial charge < -0.3 is 9.47 Å². The Hall–Kier alpha value is -1.83. The Balaban J connectivity index is 1.98. The number of amides is 1. The number of ether oxygens (including phenoxy) is 2. The number of methoxy groups -OCH3 is 2. The van der Waals surface area contributed by atoms with Crippen LogP contribution in [0, 0.1) is 0 Å².